The first kappa shape index (κ1) is 33.2. The smallest absolute Gasteiger partial charge is 0.200 e. The molecule has 0 aliphatic carbocycles. The lowest BCUT2D eigenvalue weighted by Crippen LogP contribution is -2.64. The molecule has 1 aromatic heterocycles. The van der Waals surface area contributed by atoms with E-state index in [0.717, 1.165) is 28.0 Å². The quantitative estimate of drug-likeness (QED) is 0.106. The van der Waals surface area contributed by atoms with E-state index in [4.69, 9.17) is 28.1 Å². The summed E-state index contributed by atoms with van der Waals surface area (Å²) >= 11 is 1.64. The van der Waals surface area contributed by atoms with Crippen LogP contribution in [0.2, 0.25) is 0 Å². The maximum atomic E-state index is 7.20. The highest BCUT2D eigenvalue weighted by Gasteiger charge is 2.59. The van der Waals surface area contributed by atoms with Gasteiger partial charge in [0.25, 0.3) is 0 Å². The maximum absolute atomic E-state index is 7.20. The molecular formula is C40H42O6S. The number of ether oxygens (including phenoxy) is 5. The van der Waals surface area contributed by atoms with E-state index in [0.29, 0.717) is 32.2 Å². The first-order valence-electron chi connectivity index (χ1n) is 16.2. The van der Waals surface area contributed by atoms with Crippen molar-refractivity contribution in [1.82, 2.24) is 0 Å². The highest BCUT2D eigenvalue weighted by Crippen LogP contribution is 2.50. The average Bonchev–Trinajstić information content (AvgIpc) is 3.68. The van der Waals surface area contributed by atoms with Crippen LogP contribution in [0.3, 0.4) is 0 Å². The van der Waals surface area contributed by atoms with Crippen molar-refractivity contribution in [3.8, 4) is 0 Å². The van der Waals surface area contributed by atoms with Gasteiger partial charge in [-0.2, -0.15) is 0 Å². The van der Waals surface area contributed by atoms with E-state index in [9.17, 15) is 0 Å². The molecule has 7 heteroatoms. The SMILES string of the molecule is CCS[C@@]1(c2ccco2)O[C@H](COCc2ccccc2)[C@@H](OCc2ccccc2)[C@H](OCc2ccccc2)[C@@H]1OCc1ccccc1. The molecule has 5 atom stereocenters. The Morgan fingerprint density at radius 3 is 1.55 bits per heavy atom. The van der Waals surface area contributed by atoms with E-state index in [-0.39, 0.29) is 6.61 Å². The fourth-order valence-electron chi connectivity index (χ4n) is 5.91. The molecule has 4 aromatic carbocycles. The van der Waals surface area contributed by atoms with Crippen molar-refractivity contribution in [1.29, 1.82) is 0 Å². The monoisotopic (exact) mass is 650 g/mol. The summed E-state index contributed by atoms with van der Waals surface area (Å²) in [6.45, 7) is 3.99. The van der Waals surface area contributed by atoms with Gasteiger partial charge in [0.15, 0.2) is 0 Å². The van der Waals surface area contributed by atoms with E-state index in [1.807, 2.05) is 84.9 Å². The summed E-state index contributed by atoms with van der Waals surface area (Å²) in [7, 11) is 0. The first-order valence-corrected chi connectivity index (χ1v) is 17.2. The number of benzene rings is 4. The van der Waals surface area contributed by atoms with Gasteiger partial charge in [-0.1, -0.05) is 128 Å². The van der Waals surface area contributed by atoms with Crippen molar-refractivity contribution in [2.24, 2.45) is 0 Å². The normalized spacial score (nSPS) is 22.7. The summed E-state index contributed by atoms with van der Waals surface area (Å²) < 4.78 is 40.4. The molecule has 0 saturated carbocycles. The van der Waals surface area contributed by atoms with Crippen molar-refractivity contribution in [3.63, 3.8) is 0 Å². The van der Waals surface area contributed by atoms with Crippen molar-refractivity contribution in [2.75, 3.05) is 12.4 Å². The topological polar surface area (TPSA) is 59.3 Å². The van der Waals surface area contributed by atoms with E-state index >= 15 is 0 Å². The van der Waals surface area contributed by atoms with Gasteiger partial charge in [0, 0.05) is 0 Å². The second-order valence-corrected chi connectivity index (χ2v) is 12.9. The number of thioether (sulfide) groups is 1. The summed E-state index contributed by atoms with van der Waals surface area (Å²) in [6.07, 6.45) is -0.455. The number of furan rings is 1. The van der Waals surface area contributed by atoms with Crippen molar-refractivity contribution in [3.05, 3.63) is 168 Å². The third-order valence-electron chi connectivity index (χ3n) is 8.15. The zero-order valence-corrected chi connectivity index (χ0v) is 27.5. The highest BCUT2D eigenvalue weighted by molar-refractivity contribution is 8.00. The lowest BCUT2D eigenvalue weighted by molar-refractivity contribution is -0.289. The van der Waals surface area contributed by atoms with Crippen LogP contribution in [0, 0.1) is 0 Å². The van der Waals surface area contributed by atoms with Crippen LogP contribution in [0.5, 0.6) is 0 Å². The molecule has 0 bridgehead atoms. The molecule has 244 valence electrons. The summed E-state index contributed by atoms with van der Waals surface area (Å²) in [4.78, 5) is -1.03. The van der Waals surface area contributed by atoms with Gasteiger partial charge >= 0.3 is 0 Å². The van der Waals surface area contributed by atoms with Crippen molar-refractivity contribution >= 4 is 11.8 Å². The minimum Gasteiger partial charge on any atom is -0.465 e. The largest absolute Gasteiger partial charge is 0.465 e. The second-order valence-electron chi connectivity index (χ2n) is 11.5. The van der Waals surface area contributed by atoms with Crippen LogP contribution in [-0.4, -0.2) is 36.8 Å². The molecule has 6 nitrogen and oxygen atoms in total. The zero-order valence-electron chi connectivity index (χ0n) is 26.7. The Morgan fingerprint density at radius 2 is 1.06 bits per heavy atom. The van der Waals surface area contributed by atoms with Crippen molar-refractivity contribution in [2.45, 2.75) is 62.7 Å². The van der Waals surface area contributed by atoms with Crippen molar-refractivity contribution < 1.29 is 28.1 Å². The van der Waals surface area contributed by atoms with Crippen LogP contribution in [0.25, 0.3) is 0 Å². The molecule has 0 spiro atoms. The molecule has 47 heavy (non-hydrogen) atoms. The molecule has 1 aliphatic rings. The molecule has 0 N–H and O–H groups in total. The van der Waals surface area contributed by atoms with Crippen LogP contribution >= 0.6 is 11.8 Å². The van der Waals surface area contributed by atoms with Crippen LogP contribution in [0.15, 0.2) is 144 Å². The van der Waals surface area contributed by atoms with E-state index < -0.39 is 29.3 Å². The Morgan fingerprint density at radius 1 is 0.574 bits per heavy atom. The fourth-order valence-corrected chi connectivity index (χ4v) is 7.16. The van der Waals surface area contributed by atoms with E-state index in [2.05, 4.69) is 55.5 Å². The van der Waals surface area contributed by atoms with Crippen LogP contribution in [0.4, 0.5) is 0 Å². The molecular weight excluding hydrogens is 609 g/mol. The van der Waals surface area contributed by atoms with Gasteiger partial charge in [0.05, 0.1) is 39.3 Å². The Labute approximate surface area is 282 Å². The standard InChI is InChI=1S/C40H42O6S/c1-2-47-40(36-24-15-25-42-36)39(45-29-34-22-13-6-14-23-34)38(44-28-33-20-11-5-12-21-33)37(43-27-32-18-9-4-10-19-32)35(46-40)30-41-26-31-16-7-3-8-17-31/h3-25,35,37-39H,2,26-30H2,1H3/t35-,37-,38+,39+,40-/m1/s1. The van der Waals surface area contributed by atoms with Gasteiger partial charge in [0.2, 0.25) is 4.93 Å². The van der Waals surface area contributed by atoms with Crippen LogP contribution in [-0.2, 0) is 55.0 Å². The van der Waals surface area contributed by atoms with Crippen LogP contribution in [0.1, 0.15) is 34.9 Å². The zero-order chi connectivity index (χ0) is 32.2. The lowest BCUT2D eigenvalue weighted by atomic mass is 9.92. The van der Waals surface area contributed by atoms with Gasteiger partial charge in [-0.05, 0) is 40.1 Å². The molecule has 0 amide bonds. The van der Waals surface area contributed by atoms with E-state index in [1.54, 1.807) is 18.0 Å². The summed E-state index contributed by atoms with van der Waals surface area (Å²) in [5, 5.41) is 0. The minimum atomic E-state index is -1.03. The Bertz CT molecular complexity index is 1570. The predicted octanol–water partition coefficient (Wildman–Crippen LogP) is 8.56. The van der Waals surface area contributed by atoms with Gasteiger partial charge in [-0.15, -0.1) is 11.8 Å². The highest BCUT2D eigenvalue weighted by atomic mass is 32.2. The fraction of sp³-hybridized carbons (Fsp3) is 0.300. The van der Waals surface area contributed by atoms with Gasteiger partial charge in [-0.25, -0.2) is 0 Å². The molecule has 1 aliphatic heterocycles. The summed E-state index contributed by atoms with van der Waals surface area (Å²) in [5.74, 6) is 1.43. The molecule has 6 rings (SSSR count). The molecule has 1 saturated heterocycles. The number of rotatable bonds is 16. The van der Waals surface area contributed by atoms with E-state index in [1.165, 1.54) is 0 Å². The number of hydrogen-bond acceptors (Lipinski definition) is 7. The Hall–Kier alpha value is -3.69. The lowest BCUT2D eigenvalue weighted by Gasteiger charge is -2.51. The van der Waals surface area contributed by atoms with Gasteiger partial charge in [0.1, 0.15) is 30.2 Å². The third-order valence-corrected chi connectivity index (χ3v) is 9.40. The molecule has 5 aromatic rings. The maximum Gasteiger partial charge on any atom is 0.200 e. The van der Waals surface area contributed by atoms with Gasteiger partial charge < -0.3 is 28.1 Å². The Kier molecular flexibility index (Phi) is 12.0. The molecule has 0 unspecified atom stereocenters. The summed E-state index contributed by atoms with van der Waals surface area (Å²) in [5.41, 5.74) is 4.27. The third kappa shape index (κ3) is 8.62. The molecule has 2 heterocycles. The molecule has 0 radical (unpaired) electrons. The number of hydrogen-bond donors (Lipinski definition) is 0. The first-order chi connectivity index (χ1) is 23.2. The van der Waals surface area contributed by atoms with Crippen LogP contribution < -0.4 is 0 Å². The Balaban J connectivity index is 1.38. The predicted molar refractivity (Wildman–Crippen MR) is 185 cm³/mol. The molecule has 1 fully saturated rings. The minimum absolute atomic E-state index is 0.289. The second kappa shape index (κ2) is 16.9. The summed E-state index contributed by atoms with van der Waals surface area (Å²) in [6, 6.07) is 44.6. The average molecular weight is 651 g/mol. The van der Waals surface area contributed by atoms with Gasteiger partial charge in [-0.3, -0.25) is 0 Å².